The molecule has 1 N–H and O–H groups in total. The molecule has 1 aromatic heterocycles. The minimum atomic E-state index is 0.934. The van der Waals surface area contributed by atoms with Gasteiger partial charge in [0, 0.05) is 21.5 Å². The first-order chi connectivity index (χ1) is 10.1. The van der Waals surface area contributed by atoms with Crippen LogP contribution in [0.4, 0.5) is 0 Å². The third kappa shape index (κ3) is 3.93. The van der Waals surface area contributed by atoms with E-state index in [4.69, 9.17) is 4.98 Å². The largest absolute Gasteiger partial charge is 0.312 e. The van der Waals surface area contributed by atoms with E-state index in [0.717, 1.165) is 30.9 Å². The smallest absolute Gasteiger partial charge is 0.123 e. The SMILES string of the molecule is CCCNCc1sc(-c2cc(C)c(Br)c(C)c2)nc1CC. The third-order valence-corrected chi connectivity index (χ3v) is 5.91. The number of aryl methyl sites for hydroxylation is 3. The molecular formula is C17H23BrN2S. The van der Waals surface area contributed by atoms with Crippen LogP contribution in [0.1, 0.15) is 42.0 Å². The predicted octanol–water partition coefficient (Wildman–Crippen LogP) is 5.25. The zero-order chi connectivity index (χ0) is 15.4. The number of halogens is 1. The van der Waals surface area contributed by atoms with E-state index < -0.39 is 0 Å². The van der Waals surface area contributed by atoms with Crippen LogP contribution >= 0.6 is 27.3 Å². The number of hydrogen-bond donors (Lipinski definition) is 1. The van der Waals surface area contributed by atoms with Gasteiger partial charge in [-0.1, -0.05) is 29.8 Å². The Balaban J connectivity index is 2.32. The van der Waals surface area contributed by atoms with Gasteiger partial charge >= 0.3 is 0 Å². The molecule has 0 saturated heterocycles. The van der Waals surface area contributed by atoms with Crippen LogP contribution in [0.3, 0.4) is 0 Å². The van der Waals surface area contributed by atoms with Gasteiger partial charge in [0.25, 0.3) is 0 Å². The van der Waals surface area contributed by atoms with Crippen LogP contribution in [-0.2, 0) is 13.0 Å². The summed E-state index contributed by atoms with van der Waals surface area (Å²) in [6, 6.07) is 4.44. The van der Waals surface area contributed by atoms with Crippen LogP contribution < -0.4 is 5.32 Å². The minimum absolute atomic E-state index is 0.934. The van der Waals surface area contributed by atoms with Crippen molar-refractivity contribution in [2.45, 2.75) is 47.1 Å². The molecule has 2 nitrogen and oxygen atoms in total. The van der Waals surface area contributed by atoms with Crippen molar-refractivity contribution in [1.29, 1.82) is 0 Å². The lowest BCUT2D eigenvalue weighted by Gasteiger charge is -2.05. The van der Waals surface area contributed by atoms with E-state index in [2.05, 4.69) is 61.1 Å². The van der Waals surface area contributed by atoms with Crippen LogP contribution in [0, 0.1) is 13.8 Å². The van der Waals surface area contributed by atoms with Crippen molar-refractivity contribution in [1.82, 2.24) is 10.3 Å². The van der Waals surface area contributed by atoms with Gasteiger partial charge in [-0.05, 0) is 56.5 Å². The first-order valence-corrected chi connectivity index (χ1v) is 9.14. The number of nitrogens with zero attached hydrogens (tertiary/aromatic N) is 1. The molecule has 0 unspecified atom stereocenters. The Morgan fingerprint density at radius 3 is 2.43 bits per heavy atom. The second-order valence-corrected chi connectivity index (χ2v) is 7.22. The number of hydrogen-bond acceptors (Lipinski definition) is 3. The Morgan fingerprint density at radius 2 is 1.86 bits per heavy atom. The van der Waals surface area contributed by atoms with Crippen molar-refractivity contribution in [3.63, 3.8) is 0 Å². The normalized spacial score (nSPS) is 11.1. The fraction of sp³-hybridized carbons (Fsp3) is 0.471. The lowest BCUT2D eigenvalue weighted by molar-refractivity contribution is 0.677. The van der Waals surface area contributed by atoms with Crippen LogP contribution in [-0.4, -0.2) is 11.5 Å². The highest BCUT2D eigenvalue weighted by molar-refractivity contribution is 9.10. The molecule has 0 bridgehead atoms. The summed E-state index contributed by atoms with van der Waals surface area (Å²) in [6.07, 6.45) is 2.16. The fourth-order valence-electron chi connectivity index (χ4n) is 2.37. The third-order valence-electron chi connectivity index (χ3n) is 3.51. The molecule has 0 aliphatic carbocycles. The van der Waals surface area contributed by atoms with Crippen molar-refractivity contribution >= 4 is 27.3 Å². The van der Waals surface area contributed by atoms with E-state index in [1.54, 1.807) is 0 Å². The van der Waals surface area contributed by atoms with Gasteiger partial charge in [0.1, 0.15) is 5.01 Å². The molecular weight excluding hydrogens is 344 g/mol. The van der Waals surface area contributed by atoms with Crippen LogP contribution in [0.15, 0.2) is 16.6 Å². The van der Waals surface area contributed by atoms with Gasteiger partial charge < -0.3 is 5.32 Å². The summed E-state index contributed by atoms with van der Waals surface area (Å²) in [7, 11) is 0. The number of aromatic nitrogens is 1. The molecule has 4 heteroatoms. The Morgan fingerprint density at radius 1 is 1.19 bits per heavy atom. The molecule has 0 radical (unpaired) electrons. The second kappa shape index (κ2) is 7.52. The van der Waals surface area contributed by atoms with Crippen molar-refractivity contribution in [2.24, 2.45) is 0 Å². The summed E-state index contributed by atoms with van der Waals surface area (Å²) < 4.78 is 1.20. The maximum absolute atomic E-state index is 4.85. The first-order valence-electron chi connectivity index (χ1n) is 7.53. The number of thiazole rings is 1. The van der Waals surface area contributed by atoms with Crippen molar-refractivity contribution in [3.05, 3.63) is 38.3 Å². The van der Waals surface area contributed by atoms with Crippen LogP contribution in [0.25, 0.3) is 10.6 Å². The van der Waals surface area contributed by atoms with Gasteiger partial charge in [-0.15, -0.1) is 11.3 Å². The Bertz CT molecular complexity index is 596. The lowest BCUT2D eigenvalue weighted by Crippen LogP contribution is -2.13. The summed E-state index contributed by atoms with van der Waals surface area (Å²) in [5.41, 5.74) is 5.00. The number of nitrogens with one attached hydrogen (secondary N) is 1. The lowest BCUT2D eigenvalue weighted by atomic mass is 10.1. The molecule has 0 aliphatic rings. The van der Waals surface area contributed by atoms with E-state index in [9.17, 15) is 0 Å². The van der Waals surface area contributed by atoms with Crippen molar-refractivity contribution in [3.8, 4) is 10.6 Å². The monoisotopic (exact) mass is 366 g/mol. The zero-order valence-electron chi connectivity index (χ0n) is 13.2. The number of benzene rings is 1. The standard InChI is InChI=1S/C17H23BrN2S/c1-5-7-19-10-15-14(6-2)20-17(21-15)13-8-11(3)16(18)12(4)9-13/h8-9,19H,5-7,10H2,1-4H3. The highest BCUT2D eigenvalue weighted by Crippen LogP contribution is 2.32. The van der Waals surface area contributed by atoms with Crippen LogP contribution in [0.2, 0.25) is 0 Å². The maximum Gasteiger partial charge on any atom is 0.123 e. The predicted molar refractivity (Wildman–Crippen MR) is 96.1 cm³/mol. The van der Waals surface area contributed by atoms with Gasteiger partial charge in [-0.25, -0.2) is 4.98 Å². The highest BCUT2D eigenvalue weighted by Gasteiger charge is 2.12. The van der Waals surface area contributed by atoms with Gasteiger partial charge in [0.05, 0.1) is 5.69 Å². The summed E-state index contributed by atoms with van der Waals surface area (Å²) in [6.45, 7) is 10.6. The Kier molecular flexibility index (Phi) is 5.97. The summed E-state index contributed by atoms with van der Waals surface area (Å²) in [4.78, 5) is 6.23. The van der Waals surface area contributed by atoms with E-state index in [1.165, 1.54) is 31.7 Å². The van der Waals surface area contributed by atoms with Crippen LogP contribution in [0.5, 0.6) is 0 Å². The molecule has 21 heavy (non-hydrogen) atoms. The first kappa shape index (κ1) is 16.7. The zero-order valence-corrected chi connectivity index (χ0v) is 15.6. The van der Waals surface area contributed by atoms with E-state index >= 15 is 0 Å². The quantitative estimate of drug-likeness (QED) is 0.705. The summed E-state index contributed by atoms with van der Waals surface area (Å²) in [5.74, 6) is 0. The second-order valence-electron chi connectivity index (χ2n) is 5.34. The molecule has 0 saturated carbocycles. The minimum Gasteiger partial charge on any atom is -0.312 e. The molecule has 1 heterocycles. The van der Waals surface area contributed by atoms with Crippen molar-refractivity contribution in [2.75, 3.05) is 6.54 Å². The number of rotatable bonds is 6. The fourth-order valence-corrected chi connectivity index (χ4v) is 3.71. The Hall–Kier alpha value is -0.710. The molecule has 2 aromatic rings. The molecule has 1 aromatic carbocycles. The van der Waals surface area contributed by atoms with E-state index in [-0.39, 0.29) is 0 Å². The molecule has 0 amide bonds. The topological polar surface area (TPSA) is 24.9 Å². The van der Waals surface area contributed by atoms with E-state index in [0.29, 0.717) is 0 Å². The highest BCUT2D eigenvalue weighted by atomic mass is 79.9. The average molecular weight is 367 g/mol. The molecule has 0 spiro atoms. The van der Waals surface area contributed by atoms with Crippen molar-refractivity contribution < 1.29 is 0 Å². The Labute approximate surface area is 140 Å². The summed E-state index contributed by atoms with van der Waals surface area (Å²) in [5, 5.41) is 4.62. The molecule has 114 valence electrons. The maximum atomic E-state index is 4.85. The van der Waals surface area contributed by atoms with Gasteiger partial charge in [-0.3, -0.25) is 0 Å². The van der Waals surface area contributed by atoms with Gasteiger partial charge in [-0.2, -0.15) is 0 Å². The van der Waals surface area contributed by atoms with Gasteiger partial charge in [0.2, 0.25) is 0 Å². The molecule has 0 atom stereocenters. The average Bonchev–Trinajstić information content (AvgIpc) is 2.88. The van der Waals surface area contributed by atoms with Gasteiger partial charge in [0.15, 0.2) is 0 Å². The summed E-state index contributed by atoms with van der Waals surface area (Å²) >= 11 is 5.46. The van der Waals surface area contributed by atoms with E-state index in [1.807, 2.05) is 11.3 Å². The molecule has 2 rings (SSSR count). The molecule has 0 fully saturated rings. The molecule has 0 aliphatic heterocycles.